The summed E-state index contributed by atoms with van der Waals surface area (Å²) in [6.07, 6.45) is 5.23. The molecule has 1 saturated heterocycles. The van der Waals surface area contributed by atoms with Gasteiger partial charge in [-0.25, -0.2) is 4.79 Å². The van der Waals surface area contributed by atoms with Crippen molar-refractivity contribution in [3.8, 4) is 0 Å². The molecule has 2 aromatic rings. The van der Waals surface area contributed by atoms with Crippen LogP contribution in [0.15, 0.2) is 48.8 Å². The number of likely N-dealkylation sites (tertiary alicyclic amines) is 1. The Morgan fingerprint density at radius 3 is 2.96 bits per heavy atom. The van der Waals surface area contributed by atoms with E-state index in [1.165, 1.54) is 0 Å². The van der Waals surface area contributed by atoms with Crippen molar-refractivity contribution in [1.82, 2.24) is 15.2 Å². The SMILES string of the molecule is Cc1cccc(NC(=O)N2CC[C@]3(C[C@@H]3C(=O)NCc3cccnc3)C2)c1. The van der Waals surface area contributed by atoms with E-state index >= 15 is 0 Å². The lowest BCUT2D eigenvalue weighted by Crippen LogP contribution is -2.34. The van der Waals surface area contributed by atoms with E-state index in [2.05, 4.69) is 15.6 Å². The van der Waals surface area contributed by atoms with Crippen molar-refractivity contribution in [2.24, 2.45) is 11.3 Å². The number of hydrogen-bond donors (Lipinski definition) is 2. The highest BCUT2D eigenvalue weighted by Gasteiger charge is 2.61. The van der Waals surface area contributed by atoms with Crippen molar-refractivity contribution >= 4 is 17.6 Å². The van der Waals surface area contributed by atoms with Gasteiger partial charge in [0.05, 0.1) is 0 Å². The lowest BCUT2D eigenvalue weighted by molar-refractivity contribution is -0.123. The molecule has 1 spiro atoms. The Morgan fingerprint density at radius 1 is 1.30 bits per heavy atom. The summed E-state index contributed by atoms with van der Waals surface area (Å²) in [6, 6.07) is 11.5. The standard InChI is InChI=1S/C21H24N4O2/c1-15-4-2-6-17(10-15)24-20(27)25-9-7-21(14-25)11-18(21)19(26)23-13-16-5-3-8-22-12-16/h2-6,8,10,12,18H,7,9,11,13-14H2,1H3,(H,23,26)(H,24,27)/t18-,21+/m1/s1. The molecular formula is C21H24N4O2. The molecular weight excluding hydrogens is 340 g/mol. The van der Waals surface area contributed by atoms with E-state index in [9.17, 15) is 9.59 Å². The normalized spacial score (nSPS) is 23.3. The molecule has 2 N–H and O–H groups in total. The summed E-state index contributed by atoms with van der Waals surface area (Å²) in [5.41, 5.74) is 2.87. The molecule has 1 aliphatic carbocycles. The van der Waals surface area contributed by atoms with Crippen LogP contribution in [0.2, 0.25) is 0 Å². The number of amides is 3. The second-order valence-electron chi connectivity index (χ2n) is 7.67. The van der Waals surface area contributed by atoms with E-state index < -0.39 is 0 Å². The first kappa shape index (κ1) is 17.5. The molecule has 4 rings (SSSR count). The van der Waals surface area contributed by atoms with Gasteiger partial charge in [-0.05, 0) is 49.1 Å². The summed E-state index contributed by atoms with van der Waals surface area (Å²) >= 11 is 0. The van der Waals surface area contributed by atoms with Gasteiger partial charge >= 0.3 is 6.03 Å². The number of nitrogens with zero attached hydrogens (tertiary/aromatic N) is 2. The summed E-state index contributed by atoms with van der Waals surface area (Å²) < 4.78 is 0. The molecule has 1 aliphatic heterocycles. The molecule has 2 atom stereocenters. The number of anilines is 1. The minimum atomic E-state index is -0.0844. The molecule has 0 unspecified atom stereocenters. The van der Waals surface area contributed by atoms with Gasteiger partial charge in [0, 0.05) is 49.0 Å². The smallest absolute Gasteiger partial charge is 0.321 e. The molecule has 1 saturated carbocycles. The van der Waals surface area contributed by atoms with E-state index in [0.717, 1.165) is 29.7 Å². The molecule has 27 heavy (non-hydrogen) atoms. The molecule has 1 aromatic heterocycles. The predicted molar refractivity (Wildman–Crippen MR) is 103 cm³/mol. The van der Waals surface area contributed by atoms with Gasteiger partial charge in [0.2, 0.25) is 5.91 Å². The van der Waals surface area contributed by atoms with Gasteiger partial charge in [0.15, 0.2) is 0 Å². The molecule has 0 radical (unpaired) electrons. The highest BCUT2D eigenvalue weighted by Crippen LogP contribution is 2.58. The average molecular weight is 364 g/mol. The van der Waals surface area contributed by atoms with Crippen LogP contribution in [0.4, 0.5) is 10.5 Å². The summed E-state index contributed by atoms with van der Waals surface area (Å²) in [4.78, 5) is 30.9. The van der Waals surface area contributed by atoms with Crippen molar-refractivity contribution < 1.29 is 9.59 Å². The third-order valence-corrected chi connectivity index (χ3v) is 5.64. The average Bonchev–Trinajstić information content (AvgIpc) is 3.20. The van der Waals surface area contributed by atoms with Crippen LogP contribution in [0.3, 0.4) is 0 Å². The highest BCUT2D eigenvalue weighted by molar-refractivity contribution is 5.90. The van der Waals surface area contributed by atoms with Gasteiger partial charge in [0.25, 0.3) is 0 Å². The molecule has 2 heterocycles. The maximum Gasteiger partial charge on any atom is 0.321 e. The van der Waals surface area contributed by atoms with Crippen molar-refractivity contribution in [2.45, 2.75) is 26.3 Å². The van der Waals surface area contributed by atoms with Gasteiger partial charge in [0.1, 0.15) is 0 Å². The molecule has 0 bridgehead atoms. The molecule has 3 amide bonds. The number of aryl methyl sites for hydroxylation is 1. The number of benzene rings is 1. The van der Waals surface area contributed by atoms with Crippen molar-refractivity contribution in [3.05, 3.63) is 59.9 Å². The van der Waals surface area contributed by atoms with Gasteiger partial charge in [-0.2, -0.15) is 0 Å². The van der Waals surface area contributed by atoms with Crippen LogP contribution < -0.4 is 10.6 Å². The zero-order valence-electron chi connectivity index (χ0n) is 15.4. The molecule has 1 aromatic carbocycles. The Labute approximate surface area is 159 Å². The van der Waals surface area contributed by atoms with Crippen LogP contribution in [0.25, 0.3) is 0 Å². The van der Waals surface area contributed by atoms with E-state index in [1.54, 1.807) is 12.4 Å². The minimum Gasteiger partial charge on any atom is -0.352 e. The fourth-order valence-electron chi connectivity index (χ4n) is 3.98. The number of hydrogen-bond acceptors (Lipinski definition) is 3. The Balaban J connectivity index is 1.29. The lowest BCUT2D eigenvalue weighted by atomic mass is 10.0. The highest BCUT2D eigenvalue weighted by atomic mass is 16.2. The lowest BCUT2D eigenvalue weighted by Gasteiger charge is -2.18. The van der Waals surface area contributed by atoms with Gasteiger partial charge in [-0.15, -0.1) is 0 Å². The Kier molecular flexibility index (Phi) is 4.56. The molecule has 2 aliphatic rings. The van der Waals surface area contributed by atoms with Gasteiger partial charge in [-0.1, -0.05) is 18.2 Å². The summed E-state index contributed by atoms with van der Waals surface area (Å²) in [5.74, 6) is 0.0886. The maximum atomic E-state index is 12.5. The number of aromatic nitrogens is 1. The largest absolute Gasteiger partial charge is 0.352 e. The number of urea groups is 1. The molecule has 140 valence electrons. The van der Waals surface area contributed by atoms with Gasteiger partial charge < -0.3 is 15.5 Å². The molecule has 2 fully saturated rings. The van der Waals surface area contributed by atoms with E-state index in [1.807, 2.05) is 48.2 Å². The quantitative estimate of drug-likeness (QED) is 0.876. The fraction of sp³-hybridized carbons (Fsp3) is 0.381. The van der Waals surface area contributed by atoms with Crippen molar-refractivity contribution in [3.63, 3.8) is 0 Å². The number of rotatable bonds is 4. The molecule has 6 nitrogen and oxygen atoms in total. The molecule has 6 heteroatoms. The summed E-state index contributed by atoms with van der Waals surface area (Å²) in [5, 5.41) is 5.96. The minimum absolute atomic E-state index is 0.00550. The zero-order chi connectivity index (χ0) is 18.9. The first-order valence-corrected chi connectivity index (χ1v) is 9.35. The first-order chi connectivity index (χ1) is 13.1. The monoisotopic (exact) mass is 364 g/mol. The number of carbonyl (C=O) groups excluding carboxylic acids is 2. The van der Waals surface area contributed by atoms with E-state index in [0.29, 0.717) is 19.6 Å². The zero-order valence-corrected chi connectivity index (χ0v) is 15.4. The van der Waals surface area contributed by atoms with E-state index in [4.69, 9.17) is 0 Å². The third-order valence-electron chi connectivity index (χ3n) is 5.64. The summed E-state index contributed by atoms with van der Waals surface area (Å²) in [6.45, 7) is 3.84. The van der Waals surface area contributed by atoms with E-state index in [-0.39, 0.29) is 23.3 Å². The summed E-state index contributed by atoms with van der Waals surface area (Å²) in [7, 11) is 0. The first-order valence-electron chi connectivity index (χ1n) is 9.35. The van der Waals surface area contributed by atoms with Gasteiger partial charge in [-0.3, -0.25) is 9.78 Å². The van der Waals surface area contributed by atoms with Crippen LogP contribution in [0.5, 0.6) is 0 Å². The topological polar surface area (TPSA) is 74.3 Å². The van der Waals surface area contributed by atoms with Crippen LogP contribution >= 0.6 is 0 Å². The number of pyridine rings is 1. The van der Waals surface area contributed by atoms with Crippen LogP contribution in [0.1, 0.15) is 24.0 Å². The third kappa shape index (κ3) is 3.79. The van der Waals surface area contributed by atoms with Crippen LogP contribution in [-0.2, 0) is 11.3 Å². The van der Waals surface area contributed by atoms with Crippen molar-refractivity contribution in [1.29, 1.82) is 0 Å². The Bertz CT molecular complexity index is 854. The number of nitrogens with one attached hydrogen (secondary N) is 2. The maximum absolute atomic E-state index is 12.5. The predicted octanol–water partition coefficient (Wildman–Crippen LogP) is 2.95. The second-order valence-corrected chi connectivity index (χ2v) is 7.67. The Hall–Kier alpha value is -2.89. The van der Waals surface area contributed by atoms with Crippen LogP contribution in [-0.4, -0.2) is 34.9 Å². The van der Waals surface area contributed by atoms with Crippen LogP contribution in [0, 0.1) is 18.3 Å². The Morgan fingerprint density at radius 2 is 2.19 bits per heavy atom. The van der Waals surface area contributed by atoms with Crippen molar-refractivity contribution in [2.75, 3.05) is 18.4 Å². The fourth-order valence-corrected chi connectivity index (χ4v) is 3.98. The second kappa shape index (κ2) is 7.02. The number of carbonyl (C=O) groups is 2.